The Kier molecular flexibility index (Phi) is 4.40. The number of aromatic carboxylic acids is 1. The van der Waals surface area contributed by atoms with Crippen molar-refractivity contribution in [3.8, 4) is 5.75 Å². The SMILES string of the molecule is COc1cc(C(=O)NC(C)(C)c2cc(C(=O)O)on2)ccc1C. The first-order chi connectivity index (χ1) is 10.7. The molecule has 0 aliphatic heterocycles. The molecule has 0 aliphatic rings. The molecule has 7 heteroatoms. The summed E-state index contributed by atoms with van der Waals surface area (Å²) >= 11 is 0. The number of hydrogen-bond acceptors (Lipinski definition) is 5. The summed E-state index contributed by atoms with van der Waals surface area (Å²) in [7, 11) is 1.54. The lowest BCUT2D eigenvalue weighted by Crippen LogP contribution is -2.41. The molecular weight excluding hydrogens is 300 g/mol. The lowest BCUT2D eigenvalue weighted by atomic mass is 9.99. The maximum absolute atomic E-state index is 12.4. The summed E-state index contributed by atoms with van der Waals surface area (Å²) in [6, 6.07) is 6.42. The topological polar surface area (TPSA) is 102 Å². The Balaban J connectivity index is 2.22. The van der Waals surface area contributed by atoms with Crippen molar-refractivity contribution in [2.45, 2.75) is 26.3 Å². The van der Waals surface area contributed by atoms with Gasteiger partial charge in [-0.25, -0.2) is 4.79 Å². The molecule has 23 heavy (non-hydrogen) atoms. The van der Waals surface area contributed by atoms with Crippen molar-refractivity contribution in [1.82, 2.24) is 10.5 Å². The number of nitrogens with zero attached hydrogens (tertiary/aromatic N) is 1. The van der Waals surface area contributed by atoms with Crippen molar-refractivity contribution >= 4 is 11.9 Å². The number of methoxy groups -OCH3 is 1. The number of carboxylic acids is 1. The van der Waals surface area contributed by atoms with E-state index in [1.54, 1.807) is 32.0 Å². The van der Waals surface area contributed by atoms with Crippen molar-refractivity contribution in [1.29, 1.82) is 0 Å². The van der Waals surface area contributed by atoms with Crippen LogP contribution in [0.1, 0.15) is 46.0 Å². The molecule has 0 bridgehead atoms. The quantitative estimate of drug-likeness (QED) is 0.877. The number of carboxylic acid groups (broad SMARTS) is 1. The summed E-state index contributed by atoms with van der Waals surface area (Å²) in [6.45, 7) is 5.30. The predicted molar refractivity (Wildman–Crippen MR) is 81.7 cm³/mol. The van der Waals surface area contributed by atoms with E-state index in [2.05, 4.69) is 10.5 Å². The Morgan fingerprint density at radius 1 is 1.30 bits per heavy atom. The maximum Gasteiger partial charge on any atom is 0.374 e. The molecule has 0 fully saturated rings. The Morgan fingerprint density at radius 3 is 2.57 bits per heavy atom. The molecule has 7 nitrogen and oxygen atoms in total. The minimum absolute atomic E-state index is 0.278. The highest BCUT2D eigenvalue weighted by atomic mass is 16.5. The number of carbonyl (C=O) groups excluding carboxylic acids is 1. The largest absolute Gasteiger partial charge is 0.496 e. The monoisotopic (exact) mass is 318 g/mol. The highest BCUT2D eigenvalue weighted by molar-refractivity contribution is 5.95. The van der Waals surface area contributed by atoms with Crippen LogP contribution in [0.25, 0.3) is 0 Å². The van der Waals surface area contributed by atoms with Crippen LogP contribution >= 0.6 is 0 Å². The summed E-state index contributed by atoms with van der Waals surface area (Å²) in [5.41, 5.74) is 0.780. The molecule has 0 atom stereocenters. The first-order valence-electron chi connectivity index (χ1n) is 6.92. The van der Waals surface area contributed by atoms with Gasteiger partial charge < -0.3 is 19.7 Å². The molecule has 0 radical (unpaired) electrons. The number of amides is 1. The van der Waals surface area contributed by atoms with E-state index >= 15 is 0 Å². The molecule has 2 aromatic rings. The van der Waals surface area contributed by atoms with E-state index in [0.717, 1.165) is 5.56 Å². The Labute approximate surface area is 133 Å². The van der Waals surface area contributed by atoms with Gasteiger partial charge in [-0.15, -0.1) is 0 Å². The number of hydrogen-bond donors (Lipinski definition) is 2. The highest BCUT2D eigenvalue weighted by Gasteiger charge is 2.28. The van der Waals surface area contributed by atoms with Gasteiger partial charge in [-0.05, 0) is 38.5 Å². The van der Waals surface area contributed by atoms with Gasteiger partial charge in [0.05, 0.1) is 12.6 Å². The van der Waals surface area contributed by atoms with Crippen molar-refractivity contribution in [2.24, 2.45) is 0 Å². The second kappa shape index (κ2) is 6.12. The Morgan fingerprint density at radius 2 is 2.00 bits per heavy atom. The van der Waals surface area contributed by atoms with Gasteiger partial charge >= 0.3 is 5.97 Å². The number of aryl methyl sites for hydroxylation is 1. The Hall–Kier alpha value is -2.83. The maximum atomic E-state index is 12.4. The van der Waals surface area contributed by atoms with Gasteiger partial charge in [-0.2, -0.15) is 0 Å². The second-order valence-electron chi connectivity index (χ2n) is 5.65. The number of nitrogens with one attached hydrogen (secondary N) is 1. The van der Waals surface area contributed by atoms with Crippen molar-refractivity contribution in [3.05, 3.63) is 46.8 Å². The standard InChI is InChI=1S/C16H18N2O5/c1-9-5-6-10(7-11(9)22-4)14(19)17-16(2,3)13-8-12(15(20)21)23-18-13/h5-8H,1-4H3,(H,17,19)(H,20,21). The summed E-state index contributed by atoms with van der Waals surface area (Å²) < 4.78 is 9.94. The van der Waals surface area contributed by atoms with E-state index in [-0.39, 0.29) is 11.7 Å². The smallest absolute Gasteiger partial charge is 0.374 e. The number of carbonyl (C=O) groups is 2. The van der Waals surface area contributed by atoms with E-state index in [1.807, 2.05) is 6.92 Å². The van der Waals surface area contributed by atoms with Crippen LogP contribution in [0.4, 0.5) is 0 Å². The average Bonchev–Trinajstić information content (AvgIpc) is 2.98. The molecule has 0 unspecified atom stereocenters. The summed E-state index contributed by atoms with van der Waals surface area (Å²) in [5, 5.41) is 15.4. The fourth-order valence-electron chi connectivity index (χ4n) is 2.05. The van der Waals surface area contributed by atoms with Crippen LogP contribution in [0.15, 0.2) is 28.8 Å². The van der Waals surface area contributed by atoms with Crippen LogP contribution in [0.2, 0.25) is 0 Å². The first kappa shape index (κ1) is 16.5. The van der Waals surface area contributed by atoms with Gasteiger partial charge in [0.25, 0.3) is 5.91 Å². The molecule has 0 spiro atoms. The van der Waals surface area contributed by atoms with Crippen LogP contribution in [0, 0.1) is 6.92 Å². The van der Waals surface area contributed by atoms with Crippen LogP contribution in [-0.4, -0.2) is 29.2 Å². The molecule has 1 aromatic carbocycles. The zero-order valence-electron chi connectivity index (χ0n) is 13.3. The molecule has 0 saturated heterocycles. The number of benzene rings is 1. The molecular formula is C16H18N2O5. The molecule has 2 rings (SSSR count). The molecule has 1 heterocycles. The first-order valence-corrected chi connectivity index (χ1v) is 6.92. The number of rotatable bonds is 5. The minimum atomic E-state index is -1.21. The van der Waals surface area contributed by atoms with E-state index in [4.69, 9.17) is 14.4 Å². The molecule has 0 aliphatic carbocycles. The molecule has 2 N–H and O–H groups in total. The average molecular weight is 318 g/mol. The third-order valence-electron chi connectivity index (χ3n) is 3.46. The van der Waals surface area contributed by atoms with Crippen molar-refractivity contribution < 1.29 is 24.0 Å². The highest BCUT2D eigenvalue weighted by Crippen LogP contribution is 2.23. The lowest BCUT2D eigenvalue weighted by Gasteiger charge is -2.23. The molecule has 0 saturated carbocycles. The normalized spacial score (nSPS) is 11.1. The van der Waals surface area contributed by atoms with Gasteiger partial charge in [0.2, 0.25) is 5.76 Å². The summed E-state index contributed by atoms with van der Waals surface area (Å²) in [6.07, 6.45) is 0. The zero-order valence-corrected chi connectivity index (χ0v) is 13.3. The van der Waals surface area contributed by atoms with Crippen LogP contribution < -0.4 is 10.1 Å². The number of ether oxygens (including phenoxy) is 1. The van der Waals surface area contributed by atoms with Gasteiger partial charge in [0.15, 0.2) is 0 Å². The third kappa shape index (κ3) is 3.50. The van der Waals surface area contributed by atoms with Crippen molar-refractivity contribution in [3.63, 3.8) is 0 Å². The fourth-order valence-corrected chi connectivity index (χ4v) is 2.05. The zero-order chi connectivity index (χ0) is 17.2. The molecule has 122 valence electrons. The fraction of sp³-hybridized carbons (Fsp3) is 0.312. The number of aromatic nitrogens is 1. The van der Waals surface area contributed by atoms with Gasteiger partial charge in [-0.1, -0.05) is 11.2 Å². The van der Waals surface area contributed by atoms with Crippen molar-refractivity contribution in [2.75, 3.05) is 7.11 Å². The van der Waals surface area contributed by atoms with E-state index in [0.29, 0.717) is 17.0 Å². The summed E-state index contributed by atoms with van der Waals surface area (Å²) in [4.78, 5) is 23.3. The predicted octanol–water partition coefficient (Wildman–Crippen LogP) is 2.35. The third-order valence-corrected chi connectivity index (χ3v) is 3.46. The van der Waals surface area contributed by atoms with Crippen LogP contribution in [0.3, 0.4) is 0 Å². The second-order valence-corrected chi connectivity index (χ2v) is 5.65. The van der Waals surface area contributed by atoms with Crippen LogP contribution in [0.5, 0.6) is 5.75 Å². The minimum Gasteiger partial charge on any atom is -0.496 e. The van der Waals surface area contributed by atoms with Gasteiger partial charge in [-0.3, -0.25) is 4.79 Å². The van der Waals surface area contributed by atoms with Crippen LogP contribution in [-0.2, 0) is 5.54 Å². The van der Waals surface area contributed by atoms with Gasteiger partial charge in [0.1, 0.15) is 11.4 Å². The van der Waals surface area contributed by atoms with E-state index < -0.39 is 11.5 Å². The lowest BCUT2D eigenvalue weighted by molar-refractivity contribution is 0.0651. The molecule has 1 amide bonds. The van der Waals surface area contributed by atoms with E-state index in [9.17, 15) is 9.59 Å². The van der Waals surface area contributed by atoms with Gasteiger partial charge in [0, 0.05) is 11.6 Å². The Bertz CT molecular complexity index is 749. The summed E-state index contributed by atoms with van der Waals surface area (Å²) in [5.74, 6) is -1.20. The van der Waals surface area contributed by atoms with E-state index in [1.165, 1.54) is 13.2 Å². The molecule has 1 aromatic heterocycles.